The quantitative estimate of drug-likeness (QED) is 0.538. The second kappa shape index (κ2) is 6.57. The molecule has 0 atom stereocenters. The van der Waals surface area contributed by atoms with E-state index in [9.17, 15) is 10.1 Å². The number of ether oxygens (including phenoxy) is 1. The van der Waals surface area contributed by atoms with Gasteiger partial charge in [-0.15, -0.1) is 0 Å². The number of fused-ring (bicyclic) bond motifs is 1. The normalized spacial score (nSPS) is 10.8. The molecule has 2 aromatic carbocycles. The summed E-state index contributed by atoms with van der Waals surface area (Å²) in [4.78, 5) is 15.1. The average Bonchev–Trinajstić information content (AvgIpc) is 3.02. The number of nitrogens with zero attached hydrogens (tertiary/aromatic N) is 2. The summed E-state index contributed by atoms with van der Waals surface area (Å²) in [5.74, 6) is 1.01. The number of non-ortho nitro benzene ring substituents is 1. The van der Waals surface area contributed by atoms with Gasteiger partial charge in [0, 0.05) is 30.4 Å². The fraction of sp³-hybridized carbons (Fsp3) is 0.235. The molecule has 3 rings (SSSR count). The molecule has 0 aliphatic carbocycles. The highest BCUT2D eigenvalue weighted by Crippen LogP contribution is 2.34. The summed E-state index contributed by atoms with van der Waals surface area (Å²) < 4.78 is 11.0. The SMILES string of the molecule is CCCNc1ccc([N+](=O)[O-])cc1-c1nc2cc(OC)ccc2o1. The lowest BCUT2D eigenvalue weighted by atomic mass is 10.1. The van der Waals surface area contributed by atoms with Crippen LogP contribution in [0.3, 0.4) is 0 Å². The van der Waals surface area contributed by atoms with Crippen LogP contribution >= 0.6 is 0 Å². The molecule has 0 saturated heterocycles. The zero-order valence-electron chi connectivity index (χ0n) is 13.4. The number of hydrogen-bond donors (Lipinski definition) is 1. The first-order valence-corrected chi connectivity index (χ1v) is 7.59. The molecule has 0 fully saturated rings. The maximum atomic E-state index is 11.1. The molecule has 0 amide bonds. The van der Waals surface area contributed by atoms with E-state index in [-0.39, 0.29) is 5.69 Å². The Balaban J connectivity index is 2.11. The number of nitrogens with one attached hydrogen (secondary N) is 1. The number of rotatable bonds is 6. The molecule has 0 radical (unpaired) electrons. The first kappa shape index (κ1) is 15.8. The van der Waals surface area contributed by atoms with Gasteiger partial charge in [0.05, 0.1) is 17.6 Å². The van der Waals surface area contributed by atoms with Crippen LogP contribution in [0, 0.1) is 10.1 Å². The fourth-order valence-corrected chi connectivity index (χ4v) is 2.39. The summed E-state index contributed by atoms with van der Waals surface area (Å²) >= 11 is 0. The van der Waals surface area contributed by atoms with Gasteiger partial charge in [0.2, 0.25) is 5.89 Å². The lowest BCUT2D eigenvalue weighted by Gasteiger charge is -2.08. The Morgan fingerprint density at radius 1 is 1.29 bits per heavy atom. The van der Waals surface area contributed by atoms with Crippen LogP contribution < -0.4 is 10.1 Å². The van der Waals surface area contributed by atoms with Crippen molar-refractivity contribution < 1.29 is 14.1 Å². The minimum Gasteiger partial charge on any atom is -0.497 e. The van der Waals surface area contributed by atoms with Gasteiger partial charge in [-0.1, -0.05) is 6.92 Å². The second-order valence-corrected chi connectivity index (χ2v) is 5.27. The summed E-state index contributed by atoms with van der Waals surface area (Å²) in [6.45, 7) is 2.79. The van der Waals surface area contributed by atoms with Crippen molar-refractivity contribution in [1.82, 2.24) is 4.98 Å². The summed E-state index contributed by atoms with van der Waals surface area (Å²) in [6, 6.07) is 9.92. The van der Waals surface area contributed by atoms with Crippen LogP contribution in [0.5, 0.6) is 5.75 Å². The van der Waals surface area contributed by atoms with E-state index in [2.05, 4.69) is 10.3 Å². The number of hydrogen-bond acceptors (Lipinski definition) is 6. The predicted molar refractivity (Wildman–Crippen MR) is 91.4 cm³/mol. The van der Waals surface area contributed by atoms with E-state index in [0.29, 0.717) is 28.3 Å². The number of methoxy groups -OCH3 is 1. The van der Waals surface area contributed by atoms with Crippen LogP contribution in [0.4, 0.5) is 11.4 Å². The molecule has 0 spiro atoms. The van der Waals surface area contributed by atoms with Crippen molar-refractivity contribution >= 4 is 22.5 Å². The first-order chi connectivity index (χ1) is 11.6. The van der Waals surface area contributed by atoms with Gasteiger partial charge < -0.3 is 14.5 Å². The molecule has 1 heterocycles. The number of oxazole rings is 1. The Morgan fingerprint density at radius 2 is 2.12 bits per heavy atom. The Kier molecular flexibility index (Phi) is 4.33. The van der Waals surface area contributed by atoms with Crippen molar-refractivity contribution in [3.8, 4) is 17.2 Å². The van der Waals surface area contributed by atoms with E-state index in [1.54, 1.807) is 31.4 Å². The Bertz CT molecular complexity index is 889. The molecule has 0 aliphatic heterocycles. The van der Waals surface area contributed by atoms with E-state index in [1.807, 2.05) is 6.92 Å². The Labute approximate surface area is 138 Å². The third-order valence-corrected chi connectivity index (χ3v) is 3.60. The predicted octanol–water partition coefficient (Wildman–Crippen LogP) is 4.23. The smallest absolute Gasteiger partial charge is 0.270 e. The molecule has 0 unspecified atom stereocenters. The molecule has 7 nitrogen and oxygen atoms in total. The largest absolute Gasteiger partial charge is 0.497 e. The zero-order chi connectivity index (χ0) is 17.1. The zero-order valence-corrected chi connectivity index (χ0v) is 13.4. The molecule has 124 valence electrons. The van der Waals surface area contributed by atoms with E-state index in [0.717, 1.165) is 18.7 Å². The van der Waals surface area contributed by atoms with Crippen LogP contribution in [0.25, 0.3) is 22.6 Å². The summed E-state index contributed by atoms with van der Waals surface area (Å²) in [5, 5.41) is 14.3. The minimum atomic E-state index is -0.432. The first-order valence-electron chi connectivity index (χ1n) is 7.59. The molecule has 1 aromatic heterocycles. The van der Waals surface area contributed by atoms with Gasteiger partial charge in [-0.05, 0) is 24.6 Å². The van der Waals surface area contributed by atoms with E-state index in [1.165, 1.54) is 12.1 Å². The van der Waals surface area contributed by atoms with Gasteiger partial charge in [0.15, 0.2) is 5.58 Å². The van der Waals surface area contributed by atoms with Crippen molar-refractivity contribution in [2.45, 2.75) is 13.3 Å². The lowest BCUT2D eigenvalue weighted by Crippen LogP contribution is -2.02. The van der Waals surface area contributed by atoms with Crippen LogP contribution in [0.1, 0.15) is 13.3 Å². The molecular weight excluding hydrogens is 310 g/mol. The number of benzene rings is 2. The van der Waals surface area contributed by atoms with Gasteiger partial charge in [0.1, 0.15) is 11.3 Å². The van der Waals surface area contributed by atoms with E-state index < -0.39 is 4.92 Å². The van der Waals surface area contributed by atoms with Gasteiger partial charge >= 0.3 is 0 Å². The molecular formula is C17H17N3O4. The monoisotopic (exact) mass is 327 g/mol. The standard InChI is InChI=1S/C17H17N3O4/c1-3-8-18-14-6-4-11(20(21)22)9-13(14)17-19-15-10-12(23-2)5-7-16(15)24-17/h4-7,9-10,18H,3,8H2,1-2H3. The third kappa shape index (κ3) is 3.01. The number of nitro groups is 1. The van der Waals surface area contributed by atoms with Gasteiger partial charge in [-0.2, -0.15) is 0 Å². The second-order valence-electron chi connectivity index (χ2n) is 5.27. The highest BCUT2D eigenvalue weighted by atomic mass is 16.6. The van der Waals surface area contributed by atoms with E-state index in [4.69, 9.17) is 9.15 Å². The van der Waals surface area contributed by atoms with Gasteiger partial charge in [-0.25, -0.2) is 4.98 Å². The summed E-state index contributed by atoms with van der Waals surface area (Å²) in [7, 11) is 1.58. The van der Waals surface area contributed by atoms with Gasteiger partial charge in [0.25, 0.3) is 5.69 Å². The summed E-state index contributed by atoms with van der Waals surface area (Å²) in [5.41, 5.74) is 2.54. The molecule has 0 aliphatic rings. The lowest BCUT2D eigenvalue weighted by molar-refractivity contribution is -0.384. The minimum absolute atomic E-state index is 0.00751. The van der Waals surface area contributed by atoms with Gasteiger partial charge in [-0.3, -0.25) is 10.1 Å². The molecule has 1 N–H and O–H groups in total. The van der Waals surface area contributed by atoms with Crippen molar-refractivity contribution in [2.75, 3.05) is 19.0 Å². The van der Waals surface area contributed by atoms with E-state index >= 15 is 0 Å². The molecule has 24 heavy (non-hydrogen) atoms. The van der Waals surface area contributed by atoms with Crippen LogP contribution in [-0.4, -0.2) is 23.6 Å². The summed E-state index contributed by atoms with van der Waals surface area (Å²) in [6.07, 6.45) is 0.932. The fourth-order valence-electron chi connectivity index (χ4n) is 2.39. The third-order valence-electron chi connectivity index (χ3n) is 3.60. The van der Waals surface area contributed by atoms with Crippen molar-refractivity contribution in [1.29, 1.82) is 0 Å². The molecule has 0 saturated carbocycles. The Hall–Kier alpha value is -3.09. The maximum Gasteiger partial charge on any atom is 0.270 e. The van der Waals surface area contributed by atoms with Crippen LogP contribution in [0.2, 0.25) is 0 Å². The average molecular weight is 327 g/mol. The van der Waals surface area contributed by atoms with Crippen LogP contribution in [-0.2, 0) is 0 Å². The molecule has 3 aromatic rings. The van der Waals surface area contributed by atoms with Crippen molar-refractivity contribution in [3.05, 3.63) is 46.5 Å². The topological polar surface area (TPSA) is 90.4 Å². The van der Waals surface area contributed by atoms with Crippen LogP contribution in [0.15, 0.2) is 40.8 Å². The number of aromatic nitrogens is 1. The highest BCUT2D eigenvalue weighted by molar-refractivity contribution is 5.82. The molecule has 0 bridgehead atoms. The highest BCUT2D eigenvalue weighted by Gasteiger charge is 2.17. The Morgan fingerprint density at radius 3 is 2.83 bits per heavy atom. The number of anilines is 1. The van der Waals surface area contributed by atoms with Crippen molar-refractivity contribution in [2.24, 2.45) is 0 Å². The maximum absolute atomic E-state index is 11.1. The molecule has 7 heteroatoms. The van der Waals surface area contributed by atoms with Crippen molar-refractivity contribution in [3.63, 3.8) is 0 Å². The number of nitro benzene ring substituents is 1.